The molecule has 1 aromatic carbocycles. The SMILES string of the molecule is CN1C(=O)CC(C(=O)O)C12CCN(C(=O)c1ccc(C(F)(F)F)cc1)CC2. The molecule has 0 bridgehead atoms. The zero-order chi connectivity index (χ0) is 20.0. The third kappa shape index (κ3) is 3.26. The number of rotatable bonds is 2. The predicted octanol–water partition coefficient (Wildman–Crippen LogP) is 2.24. The summed E-state index contributed by atoms with van der Waals surface area (Å²) in [5.74, 6) is -2.49. The van der Waals surface area contributed by atoms with Crippen molar-refractivity contribution in [1.82, 2.24) is 9.80 Å². The highest BCUT2D eigenvalue weighted by atomic mass is 19.4. The molecule has 27 heavy (non-hydrogen) atoms. The summed E-state index contributed by atoms with van der Waals surface area (Å²) in [6.45, 7) is 0.475. The number of carboxylic acid groups (broad SMARTS) is 1. The highest BCUT2D eigenvalue weighted by molar-refractivity contribution is 5.94. The molecule has 3 rings (SSSR count). The molecule has 0 aromatic heterocycles. The van der Waals surface area contributed by atoms with Crippen molar-refractivity contribution in [2.75, 3.05) is 20.1 Å². The van der Waals surface area contributed by atoms with Crippen LogP contribution >= 0.6 is 0 Å². The van der Waals surface area contributed by atoms with Crippen LogP contribution in [0.3, 0.4) is 0 Å². The Bertz CT molecular complexity index is 768. The van der Waals surface area contributed by atoms with Crippen LogP contribution in [-0.2, 0) is 15.8 Å². The first-order chi connectivity index (χ1) is 12.6. The van der Waals surface area contributed by atoms with Crippen molar-refractivity contribution < 1.29 is 32.7 Å². The van der Waals surface area contributed by atoms with E-state index >= 15 is 0 Å². The summed E-state index contributed by atoms with van der Waals surface area (Å²) in [6, 6.07) is 4.01. The molecule has 2 aliphatic heterocycles. The van der Waals surface area contributed by atoms with Crippen molar-refractivity contribution in [2.45, 2.75) is 31.0 Å². The van der Waals surface area contributed by atoms with Crippen LogP contribution in [0.2, 0.25) is 0 Å². The number of carbonyl (C=O) groups excluding carboxylic acids is 2. The van der Waals surface area contributed by atoms with Crippen LogP contribution in [0, 0.1) is 5.92 Å². The second-order valence-corrected chi connectivity index (χ2v) is 7.02. The molecule has 1 spiro atoms. The van der Waals surface area contributed by atoms with Gasteiger partial charge in [-0.05, 0) is 37.1 Å². The number of aliphatic carboxylic acids is 1. The van der Waals surface area contributed by atoms with Gasteiger partial charge in [0.05, 0.1) is 17.0 Å². The Morgan fingerprint density at radius 3 is 2.19 bits per heavy atom. The van der Waals surface area contributed by atoms with E-state index in [1.165, 1.54) is 9.80 Å². The maximum absolute atomic E-state index is 12.6. The van der Waals surface area contributed by atoms with Crippen molar-refractivity contribution in [3.8, 4) is 0 Å². The molecule has 146 valence electrons. The van der Waals surface area contributed by atoms with Crippen LogP contribution in [0.4, 0.5) is 13.2 Å². The van der Waals surface area contributed by atoms with Crippen molar-refractivity contribution in [2.24, 2.45) is 5.92 Å². The lowest BCUT2D eigenvalue weighted by Crippen LogP contribution is -2.56. The van der Waals surface area contributed by atoms with Gasteiger partial charge in [0, 0.05) is 32.1 Å². The Kier molecular flexibility index (Phi) is 4.65. The van der Waals surface area contributed by atoms with Crippen LogP contribution in [0.15, 0.2) is 24.3 Å². The zero-order valence-electron chi connectivity index (χ0n) is 14.6. The van der Waals surface area contributed by atoms with E-state index in [1.54, 1.807) is 7.05 Å². The molecule has 0 saturated carbocycles. The molecule has 1 unspecified atom stereocenters. The lowest BCUT2D eigenvalue weighted by molar-refractivity contribution is -0.146. The summed E-state index contributed by atoms with van der Waals surface area (Å²) >= 11 is 0. The largest absolute Gasteiger partial charge is 0.481 e. The van der Waals surface area contributed by atoms with Gasteiger partial charge in [0.15, 0.2) is 0 Å². The van der Waals surface area contributed by atoms with Gasteiger partial charge in [0.1, 0.15) is 0 Å². The van der Waals surface area contributed by atoms with Gasteiger partial charge >= 0.3 is 12.1 Å². The van der Waals surface area contributed by atoms with Crippen LogP contribution in [-0.4, -0.2) is 58.4 Å². The van der Waals surface area contributed by atoms with E-state index in [9.17, 15) is 32.7 Å². The minimum Gasteiger partial charge on any atom is -0.481 e. The topological polar surface area (TPSA) is 77.9 Å². The summed E-state index contributed by atoms with van der Waals surface area (Å²) in [6.07, 6.45) is -3.89. The van der Waals surface area contributed by atoms with Crippen LogP contribution in [0.5, 0.6) is 0 Å². The Hall–Kier alpha value is -2.58. The molecule has 1 N–H and O–H groups in total. The number of hydrogen-bond donors (Lipinski definition) is 1. The van der Waals surface area contributed by atoms with E-state index in [0.29, 0.717) is 12.8 Å². The molecule has 1 atom stereocenters. The summed E-state index contributed by atoms with van der Waals surface area (Å²) in [5, 5.41) is 9.46. The lowest BCUT2D eigenvalue weighted by atomic mass is 9.77. The van der Waals surface area contributed by atoms with Gasteiger partial charge < -0.3 is 14.9 Å². The maximum atomic E-state index is 12.6. The maximum Gasteiger partial charge on any atom is 0.416 e. The van der Waals surface area contributed by atoms with Crippen molar-refractivity contribution >= 4 is 17.8 Å². The zero-order valence-corrected chi connectivity index (χ0v) is 14.6. The number of alkyl halides is 3. The first kappa shape index (κ1) is 19.2. The van der Waals surface area contributed by atoms with E-state index in [1.807, 2.05) is 0 Å². The average molecular weight is 384 g/mol. The van der Waals surface area contributed by atoms with E-state index < -0.39 is 35.1 Å². The van der Waals surface area contributed by atoms with E-state index in [0.717, 1.165) is 24.3 Å². The molecule has 6 nitrogen and oxygen atoms in total. The fraction of sp³-hybridized carbons (Fsp3) is 0.500. The van der Waals surface area contributed by atoms with Gasteiger partial charge in [0.2, 0.25) is 5.91 Å². The molecular formula is C18H19F3N2O4. The molecule has 0 radical (unpaired) electrons. The molecule has 1 aromatic rings. The fourth-order valence-electron chi connectivity index (χ4n) is 4.07. The first-order valence-corrected chi connectivity index (χ1v) is 8.52. The number of likely N-dealkylation sites (tertiary alicyclic amines) is 2. The molecule has 2 amide bonds. The molecule has 0 aliphatic carbocycles. The second kappa shape index (κ2) is 6.54. The summed E-state index contributed by atoms with van der Waals surface area (Å²) < 4.78 is 37.9. The summed E-state index contributed by atoms with van der Waals surface area (Å²) in [5.41, 5.74) is -1.50. The first-order valence-electron chi connectivity index (χ1n) is 8.52. The Morgan fingerprint density at radius 2 is 1.70 bits per heavy atom. The highest BCUT2D eigenvalue weighted by Gasteiger charge is 2.55. The smallest absolute Gasteiger partial charge is 0.416 e. The molecular weight excluding hydrogens is 365 g/mol. The summed E-state index contributed by atoms with van der Waals surface area (Å²) in [4.78, 5) is 39.1. The Morgan fingerprint density at radius 1 is 1.15 bits per heavy atom. The monoisotopic (exact) mass is 384 g/mol. The standard InChI is InChI=1S/C18H19F3N2O4/c1-22-14(24)10-13(16(26)27)17(22)6-8-23(9-7-17)15(25)11-2-4-12(5-3-11)18(19,20)21/h2-5,13H,6-10H2,1H3,(H,26,27). The number of piperidine rings is 1. The number of carbonyl (C=O) groups is 3. The number of halogens is 3. The predicted molar refractivity (Wildman–Crippen MR) is 87.8 cm³/mol. The van der Waals surface area contributed by atoms with Gasteiger partial charge in [-0.1, -0.05) is 0 Å². The molecule has 2 saturated heterocycles. The average Bonchev–Trinajstić information content (AvgIpc) is 2.86. The number of amides is 2. The van der Waals surface area contributed by atoms with Crippen LogP contribution in [0.25, 0.3) is 0 Å². The third-order valence-corrected chi connectivity index (χ3v) is 5.74. The second-order valence-electron chi connectivity index (χ2n) is 7.02. The minimum absolute atomic E-state index is 0.0569. The number of nitrogens with zero attached hydrogens (tertiary/aromatic N) is 2. The van der Waals surface area contributed by atoms with Crippen molar-refractivity contribution in [1.29, 1.82) is 0 Å². The Labute approximate surface area is 153 Å². The van der Waals surface area contributed by atoms with Gasteiger partial charge in [-0.15, -0.1) is 0 Å². The molecule has 2 fully saturated rings. The Balaban J connectivity index is 1.72. The quantitative estimate of drug-likeness (QED) is 0.848. The van der Waals surface area contributed by atoms with E-state index in [4.69, 9.17) is 0 Å². The number of carboxylic acids is 1. The van der Waals surface area contributed by atoms with Crippen LogP contribution < -0.4 is 0 Å². The van der Waals surface area contributed by atoms with Gasteiger partial charge in [-0.2, -0.15) is 13.2 Å². The molecule has 2 aliphatic rings. The van der Waals surface area contributed by atoms with Crippen molar-refractivity contribution in [3.05, 3.63) is 35.4 Å². The van der Waals surface area contributed by atoms with Gasteiger partial charge in [-0.3, -0.25) is 14.4 Å². The van der Waals surface area contributed by atoms with Gasteiger partial charge in [0.25, 0.3) is 5.91 Å². The van der Waals surface area contributed by atoms with E-state index in [2.05, 4.69) is 0 Å². The molecule has 2 heterocycles. The number of hydrogen-bond acceptors (Lipinski definition) is 3. The minimum atomic E-state index is -4.47. The lowest BCUT2D eigenvalue weighted by Gasteiger charge is -2.45. The highest BCUT2D eigenvalue weighted by Crippen LogP contribution is 2.43. The normalized spacial score (nSPS) is 22.4. The van der Waals surface area contributed by atoms with E-state index in [-0.39, 0.29) is 31.0 Å². The van der Waals surface area contributed by atoms with Crippen molar-refractivity contribution in [3.63, 3.8) is 0 Å². The number of benzene rings is 1. The van der Waals surface area contributed by atoms with Crippen LogP contribution in [0.1, 0.15) is 35.2 Å². The molecule has 9 heteroatoms. The fourth-order valence-corrected chi connectivity index (χ4v) is 4.07. The summed E-state index contributed by atoms with van der Waals surface area (Å²) in [7, 11) is 1.58. The van der Waals surface area contributed by atoms with Gasteiger partial charge in [-0.25, -0.2) is 0 Å². The third-order valence-electron chi connectivity index (χ3n) is 5.74.